The molecule has 1 aliphatic heterocycles. The molecule has 4 nitrogen and oxygen atoms in total. The zero-order chi connectivity index (χ0) is 12.0. The first-order valence-electron chi connectivity index (χ1n) is 5.79. The number of esters is 1. The first kappa shape index (κ1) is 10.3. The summed E-state index contributed by atoms with van der Waals surface area (Å²) in [6.07, 6.45) is 0.645. The highest BCUT2D eigenvalue weighted by Crippen LogP contribution is 2.32. The fourth-order valence-electron chi connectivity index (χ4n) is 2.43. The summed E-state index contributed by atoms with van der Waals surface area (Å²) in [6, 6.07) is 6.22. The Labute approximate surface area is 99.2 Å². The van der Waals surface area contributed by atoms with Crippen molar-refractivity contribution in [2.24, 2.45) is 0 Å². The molecular weight excluding hydrogens is 216 g/mol. The first-order valence-corrected chi connectivity index (χ1v) is 5.79. The summed E-state index contributed by atoms with van der Waals surface area (Å²) in [4.78, 5) is 15.6. The van der Waals surface area contributed by atoms with Gasteiger partial charge < -0.3 is 9.30 Å². The quantitative estimate of drug-likeness (QED) is 0.706. The second-order valence-corrected chi connectivity index (χ2v) is 4.50. The lowest BCUT2D eigenvalue weighted by Crippen LogP contribution is -2.06. The Hall–Kier alpha value is -1.84. The van der Waals surface area contributed by atoms with Crippen LogP contribution in [-0.2, 0) is 16.1 Å². The number of aromatic nitrogens is 2. The van der Waals surface area contributed by atoms with Gasteiger partial charge in [-0.05, 0) is 24.6 Å². The van der Waals surface area contributed by atoms with Gasteiger partial charge in [0.05, 0.1) is 11.0 Å². The van der Waals surface area contributed by atoms with E-state index in [0.717, 1.165) is 29.8 Å². The molecule has 2 heterocycles. The van der Waals surface area contributed by atoms with Crippen molar-refractivity contribution in [2.75, 3.05) is 0 Å². The Morgan fingerprint density at radius 2 is 2.35 bits per heavy atom. The SMILES string of the molecule is CC(=O)OC1CCn2c1nc1cc(C)ccc12. The summed E-state index contributed by atoms with van der Waals surface area (Å²) >= 11 is 0. The normalized spacial score (nSPS) is 18.4. The zero-order valence-electron chi connectivity index (χ0n) is 9.93. The largest absolute Gasteiger partial charge is 0.454 e. The van der Waals surface area contributed by atoms with Crippen molar-refractivity contribution < 1.29 is 9.53 Å². The zero-order valence-corrected chi connectivity index (χ0v) is 9.93. The molecule has 1 atom stereocenters. The van der Waals surface area contributed by atoms with Crippen molar-refractivity contribution in [3.05, 3.63) is 29.6 Å². The van der Waals surface area contributed by atoms with Crippen molar-refractivity contribution in [3.63, 3.8) is 0 Å². The molecule has 0 radical (unpaired) electrons. The van der Waals surface area contributed by atoms with Gasteiger partial charge in [0.15, 0.2) is 11.9 Å². The number of nitrogens with zero attached hydrogens (tertiary/aromatic N) is 2. The van der Waals surface area contributed by atoms with E-state index in [0.29, 0.717) is 0 Å². The maximum Gasteiger partial charge on any atom is 0.303 e. The number of aryl methyl sites for hydroxylation is 2. The predicted molar refractivity (Wildman–Crippen MR) is 63.6 cm³/mol. The second-order valence-electron chi connectivity index (χ2n) is 4.50. The molecule has 0 bridgehead atoms. The highest BCUT2D eigenvalue weighted by molar-refractivity contribution is 5.77. The maximum absolute atomic E-state index is 11.0. The van der Waals surface area contributed by atoms with E-state index in [1.807, 2.05) is 6.92 Å². The highest BCUT2D eigenvalue weighted by atomic mass is 16.5. The number of benzene rings is 1. The number of carbonyl (C=O) groups excluding carboxylic acids is 1. The standard InChI is InChI=1S/C13H14N2O2/c1-8-3-4-11-10(7-8)14-13-12(17-9(2)16)5-6-15(11)13/h3-4,7,12H,5-6H2,1-2H3. The van der Waals surface area contributed by atoms with Crippen LogP contribution in [0.2, 0.25) is 0 Å². The number of carbonyl (C=O) groups is 1. The van der Waals surface area contributed by atoms with Crippen molar-refractivity contribution in [3.8, 4) is 0 Å². The van der Waals surface area contributed by atoms with Gasteiger partial charge in [0.25, 0.3) is 0 Å². The minimum Gasteiger partial charge on any atom is -0.454 e. The molecular formula is C13H14N2O2. The smallest absolute Gasteiger partial charge is 0.303 e. The topological polar surface area (TPSA) is 44.1 Å². The van der Waals surface area contributed by atoms with Crippen LogP contribution in [0.15, 0.2) is 18.2 Å². The van der Waals surface area contributed by atoms with Gasteiger partial charge in [-0.1, -0.05) is 6.07 Å². The Bertz CT molecular complexity index is 601. The van der Waals surface area contributed by atoms with Gasteiger partial charge in [0.2, 0.25) is 0 Å². The van der Waals surface area contributed by atoms with E-state index in [1.54, 1.807) is 0 Å². The summed E-state index contributed by atoms with van der Waals surface area (Å²) in [5, 5.41) is 0. The molecule has 0 saturated heterocycles. The molecule has 3 rings (SSSR count). The Kier molecular flexibility index (Phi) is 2.18. The third-order valence-corrected chi connectivity index (χ3v) is 3.14. The number of hydrogen-bond donors (Lipinski definition) is 0. The fourth-order valence-corrected chi connectivity index (χ4v) is 2.43. The molecule has 0 amide bonds. The van der Waals surface area contributed by atoms with Crippen LogP contribution < -0.4 is 0 Å². The van der Waals surface area contributed by atoms with Crippen LogP contribution in [0.1, 0.15) is 30.8 Å². The van der Waals surface area contributed by atoms with Gasteiger partial charge in [-0.25, -0.2) is 4.98 Å². The Morgan fingerprint density at radius 1 is 1.53 bits per heavy atom. The van der Waals surface area contributed by atoms with E-state index in [9.17, 15) is 4.79 Å². The second kappa shape index (κ2) is 3.58. The molecule has 1 aromatic carbocycles. The molecule has 0 aliphatic carbocycles. The molecule has 0 spiro atoms. The molecule has 2 aromatic rings. The molecule has 17 heavy (non-hydrogen) atoms. The van der Waals surface area contributed by atoms with E-state index in [2.05, 4.69) is 27.8 Å². The van der Waals surface area contributed by atoms with Gasteiger partial charge in [0, 0.05) is 19.9 Å². The molecule has 4 heteroatoms. The maximum atomic E-state index is 11.0. The minimum absolute atomic E-state index is 0.180. The molecule has 1 aromatic heterocycles. The van der Waals surface area contributed by atoms with Crippen LogP contribution in [0, 0.1) is 6.92 Å². The lowest BCUT2D eigenvalue weighted by Gasteiger charge is -2.07. The molecule has 88 valence electrons. The lowest BCUT2D eigenvalue weighted by atomic mass is 10.2. The van der Waals surface area contributed by atoms with Crippen molar-refractivity contribution >= 4 is 17.0 Å². The van der Waals surface area contributed by atoms with Crippen LogP contribution in [0.3, 0.4) is 0 Å². The van der Waals surface area contributed by atoms with E-state index in [-0.39, 0.29) is 12.1 Å². The number of imidazole rings is 1. The first-order chi connectivity index (χ1) is 8.15. The van der Waals surface area contributed by atoms with E-state index < -0.39 is 0 Å². The minimum atomic E-state index is -0.244. The average molecular weight is 230 g/mol. The summed E-state index contributed by atoms with van der Waals surface area (Å²) in [5.74, 6) is 0.632. The summed E-state index contributed by atoms with van der Waals surface area (Å²) < 4.78 is 7.42. The van der Waals surface area contributed by atoms with Gasteiger partial charge in [-0.3, -0.25) is 4.79 Å². The number of hydrogen-bond acceptors (Lipinski definition) is 3. The average Bonchev–Trinajstić information content (AvgIpc) is 2.77. The van der Waals surface area contributed by atoms with Crippen LogP contribution in [0.4, 0.5) is 0 Å². The van der Waals surface area contributed by atoms with E-state index in [1.165, 1.54) is 12.5 Å². The van der Waals surface area contributed by atoms with Gasteiger partial charge >= 0.3 is 5.97 Å². The Morgan fingerprint density at radius 3 is 3.12 bits per heavy atom. The van der Waals surface area contributed by atoms with Crippen LogP contribution in [0.5, 0.6) is 0 Å². The van der Waals surface area contributed by atoms with Crippen LogP contribution in [-0.4, -0.2) is 15.5 Å². The van der Waals surface area contributed by atoms with Crippen molar-refractivity contribution in [1.82, 2.24) is 9.55 Å². The molecule has 0 N–H and O–H groups in total. The highest BCUT2D eigenvalue weighted by Gasteiger charge is 2.28. The summed E-state index contributed by atoms with van der Waals surface area (Å²) in [5.41, 5.74) is 3.30. The number of ether oxygens (including phenoxy) is 1. The third kappa shape index (κ3) is 1.60. The van der Waals surface area contributed by atoms with Gasteiger partial charge in [-0.15, -0.1) is 0 Å². The molecule has 0 saturated carbocycles. The van der Waals surface area contributed by atoms with Crippen LogP contribution >= 0.6 is 0 Å². The number of fused-ring (bicyclic) bond motifs is 3. The molecule has 1 unspecified atom stereocenters. The van der Waals surface area contributed by atoms with Gasteiger partial charge in [0.1, 0.15) is 0 Å². The predicted octanol–water partition coefficient (Wildman–Crippen LogP) is 2.35. The van der Waals surface area contributed by atoms with E-state index >= 15 is 0 Å². The molecule has 0 fully saturated rings. The Balaban J connectivity index is 2.09. The van der Waals surface area contributed by atoms with Gasteiger partial charge in [-0.2, -0.15) is 0 Å². The summed E-state index contributed by atoms with van der Waals surface area (Å²) in [7, 11) is 0. The monoisotopic (exact) mass is 230 g/mol. The summed E-state index contributed by atoms with van der Waals surface area (Å²) in [6.45, 7) is 4.36. The fraction of sp³-hybridized carbons (Fsp3) is 0.385. The van der Waals surface area contributed by atoms with Crippen molar-refractivity contribution in [1.29, 1.82) is 0 Å². The molecule has 1 aliphatic rings. The van der Waals surface area contributed by atoms with Crippen molar-refractivity contribution in [2.45, 2.75) is 32.9 Å². The van der Waals surface area contributed by atoms with E-state index in [4.69, 9.17) is 4.74 Å². The number of rotatable bonds is 1. The third-order valence-electron chi connectivity index (χ3n) is 3.14. The van der Waals surface area contributed by atoms with Crippen LogP contribution in [0.25, 0.3) is 11.0 Å². The lowest BCUT2D eigenvalue weighted by molar-refractivity contribution is -0.146.